The van der Waals surface area contributed by atoms with Crippen LogP contribution in [-0.4, -0.2) is 38.2 Å². The molecule has 2 aromatic carbocycles. The molecule has 0 radical (unpaired) electrons. The predicted molar refractivity (Wildman–Crippen MR) is 86.4 cm³/mol. The summed E-state index contributed by atoms with van der Waals surface area (Å²) in [6, 6.07) is 13.0. The van der Waals surface area contributed by atoms with Crippen LogP contribution in [0.1, 0.15) is 29.8 Å². The van der Waals surface area contributed by atoms with Crippen LogP contribution in [0.15, 0.2) is 54.6 Å². The Kier molecular flexibility index (Phi) is 3.95. The third kappa shape index (κ3) is 2.31. The lowest BCUT2D eigenvalue weighted by Gasteiger charge is -2.27. The van der Waals surface area contributed by atoms with E-state index in [4.69, 9.17) is 0 Å². The highest BCUT2D eigenvalue weighted by atomic mass is 19.1. The van der Waals surface area contributed by atoms with Crippen molar-refractivity contribution in [1.82, 2.24) is 5.06 Å². The third-order valence-corrected chi connectivity index (χ3v) is 4.43. The molecule has 3 rings (SSSR count). The number of carbonyl (C=O) groups excluding carboxylic acids is 1. The van der Waals surface area contributed by atoms with E-state index in [1.165, 1.54) is 31.2 Å². The molecule has 0 fully saturated rings. The van der Waals surface area contributed by atoms with Crippen LogP contribution in [0.5, 0.6) is 0 Å². The zero-order valence-electron chi connectivity index (χ0n) is 13.3. The van der Waals surface area contributed by atoms with Gasteiger partial charge in [-0.15, -0.1) is 5.06 Å². The van der Waals surface area contributed by atoms with Gasteiger partial charge in [-0.1, -0.05) is 30.3 Å². The summed E-state index contributed by atoms with van der Waals surface area (Å²) < 4.78 is 13.6. The van der Waals surface area contributed by atoms with E-state index >= 15 is 0 Å². The van der Waals surface area contributed by atoms with Gasteiger partial charge in [-0.3, -0.25) is 4.79 Å². The van der Waals surface area contributed by atoms with Crippen LogP contribution < -0.4 is 0 Å². The molecule has 0 unspecified atom stereocenters. The van der Waals surface area contributed by atoms with E-state index in [0.29, 0.717) is 15.9 Å². The Balaban J connectivity index is 2.11. The molecule has 0 aliphatic carbocycles. The Morgan fingerprint density at radius 3 is 2.38 bits per heavy atom. The smallest absolute Gasteiger partial charge is 0.312 e. The van der Waals surface area contributed by atoms with Gasteiger partial charge in [0.25, 0.3) is 5.78 Å². The Morgan fingerprint density at radius 1 is 1.21 bits per heavy atom. The van der Waals surface area contributed by atoms with Gasteiger partial charge in [0.2, 0.25) is 5.71 Å². The van der Waals surface area contributed by atoms with Crippen molar-refractivity contribution in [2.75, 3.05) is 0 Å². The minimum absolute atomic E-state index is 0.212. The average molecular weight is 328 g/mol. The summed E-state index contributed by atoms with van der Waals surface area (Å²) in [6.07, 6.45) is 0. The number of halogens is 1. The Hall–Kier alpha value is -2.57. The molecule has 24 heavy (non-hydrogen) atoms. The second-order valence-corrected chi connectivity index (χ2v) is 5.92. The molecule has 1 N–H and O–H groups in total. The number of benzene rings is 2. The number of hydroxylamine groups is 3. The lowest BCUT2D eigenvalue weighted by atomic mass is 10.00. The van der Waals surface area contributed by atoms with Crippen LogP contribution in [0.2, 0.25) is 0 Å². The highest BCUT2D eigenvalue weighted by Gasteiger charge is 2.58. The van der Waals surface area contributed by atoms with Crippen LogP contribution in [0.25, 0.3) is 0 Å². The van der Waals surface area contributed by atoms with Crippen LogP contribution in [0, 0.1) is 11.0 Å². The Labute approximate surface area is 138 Å². The van der Waals surface area contributed by atoms with Crippen molar-refractivity contribution in [1.29, 1.82) is 0 Å². The summed E-state index contributed by atoms with van der Waals surface area (Å²) in [5, 5.41) is 24.2. The van der Waals surface area contributed by atoms with Crippen molar-refractivity contribution >= 4 is 11.5 Å². The number of nitrogens with zero attached hydrogens (tertiary/aromatic N) is 2. The average Bonchev–Trinajstić information content (AvgIpc) is 2.78. The number of ketones is 1. The molecule has 0 spiro atoms. The highest BCUT2D eigenvalue weighted by molar-refractivity contribution is 6.07. The van der Waals surface area contributed by atoms with E-state index in [0.717, 1.165) is 5.06 Å². The first-order valence-corrected chi connectivity index (χ1v) is 7.55. The molecule has 0 saturated carbocycles. The molecule has 124 valence electrons. The van der Waals surface area contributed by atoms with Crippen molar-refractivity contribution in [3.63, 3.8) is 0 Å². The van der Waals surface area contributed by atoms with Gasteiger partial charge in [-0.05, 0) is 31.2 Å². The fourth-order valence-corrected chi connectivity index (χ4v) is 3.03. The summed E-state index contributed by atoms with van der Waals surface area (Å²) >= 11 is 0. The van der Waals surface area contributed by atoms with Gasteiger partial charge >= 0.3 is 5.66 Å². The first-order chi connectivity index (χ1) is 11.4. The third-order valence-electron chi connectivity index (χ3n) is 4.43. The summed E-state index contributed by atoms with van der Waals surface area (Å²) in [5.74, 6) is -0.934. The number of hydrogen-bond donors (Lipinski definition) is 1. The zero-order chi connectivity index (χ0) is 17.5. The van der Waals surface area contributed by atoms with Crippen LogP contribution >= 0.6 is 0 Å². The van der Waals surface area contributed by atoms with Gasteiger partial charge in [0, 0.05) is 18.1 Å². The van der Waals surface area contributed by atoms with E-state index in [-0.39, 0.29) is 5.71 Å². The summed E-state index contributed by atoms with van der Waals surface area (Å²) in [5.41, 5.74) is -0.788. The van der Waals surface area contributed by atoms with Crippen molar-refractivity contribution in [3.05, 3.63) is 76.7 Å². The topological polar surface area (TPSA) is 66.6 Å². The van der Waals surface area contributed by atoms with E-state index in [2.05, 4.69) is 0 Å². The lowest BCUT2D eigenvalue weighted by molar-refractivity contribution is -0.561. The molecule has 0 amide bonds. The molecule has 1 heterocycles. The lowest BCUT2D eigenvalue weighted by Crippen LogP contribution is -2.54. The zero-order valence-corrected chi connectivity index (χ0v) is 13.3. The predicted octanol–water partition coefficient (Wildman–Crippen LogP) is 2.82. The largest absolute Gasteiger partial charge is 0.622 e. The first kappa shape index (κ1) is 16.3. The maximum Gasteiger partial charge on any atom is 0.312 e. The highest BCUT2D eigenvalue weighted by Crippen LogP contribution is 2.31. The van der Waals surface area contributed by atoms with Gasteiger partial charge in [0.05, 0.1) is 0 Å². The normalized spacial score (nSPS) is 24.4. The molecule has 5 nitrogen and oxygen atoms in total. The molecule has 0 aromatic heterocycles. The van der Waals surface area contributed by atoms with Crippen molar-refractivity contribution in [2.24, 2.45) is 0 Å². The van der Waals surface area contributed by atoms with Crippen molar-refractivity contribution < 1.29 is 19.1 Å². The first-order valence-electron chi connectivity index (χ1n) is 7.55. The fraction of sp³-hybridized carbons (Fsp3) is 0.222. The molecule has 0 saturated heterocycles. The Morgan fingerprint density at radius 2 is 1.79 bits per heavy atom. The number of Topliss-reactive ketones (excluding diaryl/α,β-unsaturated/α-hetero) is 1. The van der Waals surface area contributed by atoms with Gasteiger partial charge in [-0.25, -0.2) is 4.39 Å². The molecular weight excluding hydrogens is 311 g/mol. The number of hydrogen-bond acceptors (Lipinski definition) is 4. The van der Waals surface area contributed by atoms with E-state index in [1.54, 1.807) is 37.3 Å². The summed E-state index contributed by atoms with van der Waals surface area (Å²) in [4.78, 5) is 12.8. The Bertz CT molecular complexity index is 805. The molecule has 1 aliphatic rings. The minimum atomic E-state index is -1.79. The van der Waals surface area contributed by atoms with Crippen molar-refractivity contribution in [3.8, 4) is 0 Å². The van der Waals surface area contributed by atoms with Crippen LogP contribution in [0.4, 0.5) is 4.39 Å². The summed E-state index contributed by atoms with van der Waals surface area (Å²) in [7, 11) is 0. The second-order valence-electron chi connectivity index (χ2n) is 5.92. The summed E-state index contributed by atoms with van der Waals surface area (Å²) in [6.45, 7) is 3.00. The molecule has 2 atom stereocenters. The van der Waals surface area contributed by atoms with E-state index in [9.17, 15) is 19.6 Å². The quantitative estimate of drug-likeness (QED) is 0.534. The molecular formula is C18H17FN2O3. The number of rotatable bonds is 3. The fourth-order valence-electron chi connectivity index (χ4n) is 3.03. The molecule has 1 aliphatic heterocycles. The standard InChI is InChI=1S/C18H17FN2O3/c1-12-16(13-8-10-15(19)11-9-13)21(24)18(2,20(12)23)17(22)14-6-4-3-5-7-14/h3-12,23H,1-2H3/t12-,18-/m0/s1. The molecule has 0 bridgehead atoms. The van der Waals surface area contributed by atoms with Crippen molar-refractivity contribution in [2.45, 2.75) is 25.6 Å². The van der Waals surface area contributed by atoms with Crippen LogP contribution in [0.3, 0.4) is 0 Å². The maximum absolute atomic E-state index is 13.1. The van der Waals surface area contributed by atoms with Gasteiger partial charge < -0.3 is 10.4 Å². The molecule has 2 aromatic rings. The second kappa shape index (κ2) is 5.81. The van der Waals surface area contributed by atoms with Gasteiger partial charge in [-0.2, -0.15) is 4.74 Å². The molecule has 6 heteroatoms. The van der Waals surface area contributed by atoms with Crippen LogP contribution in [-0.2, 0) is 0 Å². The van der Waals surface area contributed by atoms with Gasteiger partial charge in [0.1, 0.15) is 11.9 Å². The maximum atomic E-state index is 13.1. The van der Waals surface area contributed by atoms with Gasteiger partial charge in [0.15, 0.2) is 0 Å². The van der Waals surface area contributed by atoms with E-state index in [1.807, 2.05) is 0 Å². The minimum Gasteiger partial charge on any atom is -0.622 e. The SMILES string of the molecule is C[C@H]1C(c2ccc(F)cc2)=[N+]([O-])[C@@](C)(C(=O)c2ccccc2)N1O. The monoisotopic (exact) mass is 328 g/mol. The van der Waals surface area contributed by atoms with E-state index < -0.39 is 23.3 Å². The number of carbonyl (C=O) groups is 1.